The van der Waals surface area contributed by atoms with Crippen LogP contribution in [0.3, 0.4) is 0 Å². The van der Waals surface area contributed by atoms with Crippen molar-refractivity contribution in [1.82, 2.24) is 14.8 Å². The summed E-state index contributed by atoms with van der Waals surface area (Å²) in [5, 5.41) is 20.4. The van der Waals surface area contributed by atoms with E-state index in [-0.39, 0.29) is 11.5 Å². The van der Waals surface area contributed by atoms with Crippen LogP contribution in [0.25, 0.3) is 17.1 Å². The Morgan fingerprint density at radius 1 is 0.966 bits per heavy atom. The van der Waals surface area contributed by atoms with Gasteiger partial charge in [0.2, 0.25) is 0 Å². The second kappa shape index (κ2) is 8.24. The third-order valence-corrected chi connectivity index (χ3v) is 5.24. The van der Waals surface area contributed by atoms with Crippen molar-refractivity contribution in [2.24, 2.45) is 0 Å². The Morgan fingerprint density at radius 3 is 2.45 bits per heavy atom. The average molecular weight is 406 g/mol. The lowest BCUT2D eigenvalue weighted by atomic mass is 10.2. The number of benzene rings is 3. The molecule has 0 unspecified atom stereocenters. The molecule has 0 saturated heterocycles. The van der Waals surface area contributed by atoms with Crippen LogP contribution in [0.1, 0.15) is 5.56 Å². The first-order valence-corrected chi connectivity index (χ1v) is 9.73. The molecule has 29 heavy (non-hydrogen) atoms. The summed E-state index contributed by atoms with van der Waals surface area (Å²) in [6.45, 7) is 0. The van der Waals surface area contributed by atoms with Gasteiger partial charge in [0.15, 0.2) is 11.0 Å². The quantitative estimate of drug-likeness (QED) is 0.248. The largest absolute Gasteiger partial charge is 0.270 e. The molecule has 0 fully saturated rings. The van der Waals surface area contributed by atoms with Gasteiger partial charge >= 0.3 is 0 Å². The smallest absolute Gasteiger partial charge is 0.270 e. The summed E-state index contributed by atoms with van der Waals surface area (Å²) in [5.74, 6) is 0.820. The average Bonchev–Trinajstić information content (AvgIpc) is 3.18. The predicted molar refractivity (Wildman–Crippen MR) is 109 cm³/mol. The highest BCUT2D eigenvalue weighted by molar-refractivity contribution is 7.98. The molecule has 3 aromatic carbocycles. The first-order valence-electron chi connectivity index (χ1n) is 8.75. The number of nitro groups is 1. The number of hydrogen-bond donors (Lipinski definition) is 0. The molecule has 0 bridgehead atoms. The minimum atomic E-state index is -0.434. The molecule has 4 rings (SSSR count). The SMILES string of the molecule is O=[N+]([O-])c1cccc(-c2nnc(SCc3ccc(F)cc3)n2-c2ccccc2)c1. The van der Waals surface area contributed by atoms with Gasteiger partial charge in [0.25, 0.3) is 5.69 Å². The van der Waals surface area contributed by atoms with E-state index in [0.717, 1.165) is 11.3 Å². The van der Waals surface area contributed by atoms with E-state index in [0.29, 0.717) is 22.3 Å². The Labute approximate surface area is 170 Å². The van der Waals surface area contributed by atoms with Gasteiger partial charge in [-0.05, 0) is 29.8 Å². The molecule has 8 heteroatoms. The predicted octanol–water partition coefficient (Wildman–Crippen LogP) is 5.27. The molecule has 0 aliphatic carbocycles. The van der Waals surface area contributed by atoms with E-state index < -0.39 is 4.92 Å². The fourth-order valence-corrected chi connectivity index (χ4v) is 3.76. The van der Waals surface area contributed by atoms with Crippen molar-refractivity contribution in [1.29, 1.82) is 0 Å². The third-order valence-electron chi connectivity index (χ3n) is 4.24. The van der Waals surface area contributed by atoms with Gasteiger partial charge in [0, 0.05) is 29.1 Å². The molecule has 4 aromatic rings. The van der Waals surface area contributed by atoms with E-state index in [1.54, 1.807) is 24.3 Å². The number of rotatable bonds is 6. The Kier molecular flexibility index (Phi) is 5.35. The van der Waals surface area contributed by atoms with Gasteiger partial charge in [-0.25, -0.2) is 4.39 Å². The third kappa shape index (κ3) is 4.17. The maximum Gasteiger partial charge on any atom is 0.270 e. The Bertz CT molecular complexity index is 1150. The molecule has 1 heterocycles. The first-order chi connectivity index (χ1) is 14.1. The van der Waals surface area contributed by atoms with Crippen LogP contribution >= 0.6 is 11.8 Å². The first kappa shape index (κ1) is 18.8. The molecule has 1 aromatic heterocycles. The van der Waals surface area contributed by atoms with Crippen molar-refractivity contribution in [2.75, 3.05) is 0 Å². The summed E-state index contributed by atoms with van der Waals surface area (Å²) < 4.78 is 15.0. The van der Waals surface area contributed by atoms with E-state index in [1.165, 1.54) is 36.0 Å². The lowest BCUT2D eigenvalue weighted by molar-refractivity contribution is -0.384. The highest BCUT2D eigenvalue weighted by Gasteiger charge is 2.18. The van der Waals surface area contributed by atoms with Gasteiger partial charge in [-0.1, -0.05) is 54.2 Å². The van der Waals surface area contributed by atoms with E-state index in [2.05, 4.69) is 10.2 Å². The van der Waals surface area contributed by atoms with Crippen molar-refractivity contribution >= 4 is 17.4 Å². The number of nitro benzene ring substituents is 1. The van der Waals surface area contributed by atoms with Crippen LogP contribution < -0.4 is 0 Å². The zero-order chi connectivity index (χ0) is 20.2. The van der Waals surface area contributed by atoms with Crippen LogP contribution in [0.5, 0.6) is 0 Å². The summed E-state index contributed by atoms with van der Waals surface area (Å²) in [7, 11) is 0. The van der Waals surface area contributed by atoms with Gasteiger partial charge in [-0.3, -0.25) is 14.7 Å². The van der Waals surface area contributed by atoms with Crippen molar-refractivity contribution in [3.8, 4) is 17.1 Å². The molecule has 0 saturated carbocycles. The Morgan fingerprint density at radius 2 is 1.72 bits per heavy atom. The van der Waals surface area contributed by atoms with Crippen LogP contribution in [0.15, 0.2) is 84.0 Å². The maximum atomic E-state index is 13.1. The number of halogens is 1. The number of aromatic nitrogens is 3. The van der Waals surface area contributed by atoms with E-state index in [1.807, 2.05) is 34.9 Å². The summed E-state index contributed by atoms with van der Waals surface area (Å²) in [6, 6.07) is 22.2. The standard InChI is InChI=1S/C21H15FN4O2S/c22-17-11-9-15(10-12-17)14-29-21-24-23-20(25(21)18-6-2-1-3-7-18)16-5-4-8-19(13-16)26(27)28/h1-13H,14H2. The maximum absolute atomic E-state index is 13.1. The number of para-hydroxylation sites is 1. The van der Waals surface area contributed by atoms with Crippen molar-refractivity contribution in [3.63, 3.8) is 0 Å². The van der Waals surface area contributed by atoms with E-state index >= 15 is 0 Å². The highest BCUT2D eigenvalue weighted by Crippen LogP contribution is 2.31. The van der Waals surface area contributed by atoms with Crippen LogP contribution in [-0.4, -0.2) is 19.7 Å². The monoisotopic (exact) mass is 406 g/mol. The zero-order valence-corrected chi connectivity index (χ0v) is 15.9. The second-order valence-corrected chi connectivity index (χ2v) is 7.14. The second-order valence-electron chi connectivity index (χ2n) is 6.20. The molecular weight excluding hydrogens is 391 g/mol. The van der Waals surface area contributed by atoms with Gasteiger partial charge in [0.05, 0.1) is 4.92 Å². The van der Waals surface area contributed by atoms with Crippen molar-refractivity contribution in [3.05, 3.63) is 100 Å². The van der Waals surface area contributed by atoms with Crippen molar-refractivity contribution in [2.45, 2.75) is 10.9 Å². The van der Waals surface area contributed by atoms with Gasteiger partial charge in [-0.15, -0.1) is 10.2 Å². The van der Waals surface area contributed by atoms with Crippen LogP contribution in [0, 0.1) is 15.9 Å². The van der Waals surface area contributed by atoms with E-state index in [4.69, 9.17) is 0 Å². The fraction of sp³-hybridized carbons (Fsp3) is 0.0476. The van der Waals surface area contributed by atoms with Crippen LogP contribution in [0.4, 0.5) is 10.1 Å². The summed E-state index contributed by atoms with van der Waals surface area (Å²) in [4.78, 5) is 10.7. The zero-order valence-electron chi connectivity index (χ0n) is 15.1. The van der Waals surface area contributed by atoms with Gasteiger partial charge in [0.1, 0.15) is 5.82 Å². The van der Waals surface area contributed by atoms with Crippen LogP contribution in [0.2, 0.25) is 0 Å². The van der Waals surface area contributed by atoms with Crippen LogP contribution in [-0.2, 0) is 5.75 Å². The molecule has 0 radical (unpaired) electrons. The molecule has 0 aliphatic heterocycles. The summed E-state index contributed by atoms with van der Waals surface area (Å²) >= 11 is 1.46. The molecule has 0 aliphatic rings. The Hall–Kier alpha value is -3.52. The van der Waals surface area contributed by atoms with Gasteiger partial charge in [-0.2, -0.15) is 0 Å². The lowest BCUT2D eigenvalue weighted by Gasteiger charge is -2.10. The normalized spacial score (nSPS) is 10.8. The summed E-state index contributed by atoms with van der Waals surface area (Å²) in [6.07, 6.45) is 0. The lowest BCUT2D eigenvalue weighted by Crippen LogP contribution is -2.00. The molecule has 0 spiro atoms. The van der Waals surface area contributed by atoms with Gasteiger partial charge < -0.3 is 0 Å². The molecule has 144 valence electrons. The minimum Gasteiger partial charge on any atom is -0.270 e. The fourth-order valence-electron chi connectivity index (χ4n) is 2.85. The topological polar surface area (TPSA) is 73.8 Å². The van der Waals surface area contributed by atoms with E-state index in [9.17, 15) is 14.5 Å². The molecule has 0 amide bonds. The molecule has 0 N–H and O–H groups in total. The minimum absolute atomic E-state index is 0.00868. The number of nitrogens with zero attached hydrogens (tertiary/aromatic N) is 4. The number of thioether (sulfide) groups is 1. The molecular formula is C21H15FN4O2S. The highest BCUT2D eigenvalue weighted by atomic mass is 32.2. The molecule has 6 nitrogen and oxygen atoms in total. The Balaban J connectivity index is 1.73. The van der Waals surface area contributed by atoms with Crippen molar-refractivity contribution < 1.29 is 9.31 Å². The number of non-ortho nitro benzene ring substituents is 1. The summed E-state index contributed by atoms with van der Waals surface area (Å²) in [5.41, 5.74) is 2.39. The molecule has 0 atom stereocenters. The number of hydrogen-bond acceptors (Lipinski definition) is 5.